The highest BCUT2D eigenvalue weighted by Crippen LogP contribution is 2.25. The third-order valence-electron chi connectivity index (χ3n) is 3.68. The minimum Gasteiger partial charge on any atom is -0.334 e. The fraction of sp³-hybridized carbons (Fsp3) is 0.500. The first kappa shape index (κ1) is 14.5. The van der Waals surface area contributed by atoms with Crippen molar-refractivity contribution in [2.45, 2.75) is 25.8 Å². The van der Waals surface area contributed by atoms with E-state index in [0.29, 0.717) is 22.5 Å². The van der Waals surface area contributed by atoms with Crippen molar-refractivity contribution in [2.75, 3.05) is 13.1 Å². The highest BCUT2D eigenvalue weighted by Gasteiger charge is 2.29. The lowest BCUT2D eigenvalue weighted by Crippen LogP contribution is -2.49. The zero-order valence-electron chi connectivity index (χ0n) is 10.9. The largest absolute Gasteiger partial charge is 0.334 e. The van der Waals surface area contributed by atoms with Crippen LogP contribution >= 0.6 is 15.9 Å². The van der Waals surface area contributed by atoms with Gasteiger partial charge in [0, 0.05) is 24.7 Å². The smallest absolute Gasteiger partial charge is 0.254 e. The van der Waals surface area contributed by atoms with Gasteiger partial charge in [-0.05, 0) is 52.9 Å². The van der Waals surface area contributed by atoms with Crippen LogP contribution in [0, 0.1) is 11.7 Å². The highest BCUT2D eigenvalue weighted by atomic mass is 79.9. The molecule has 1 amide bonds. The lowest BCUT2D eigenvalue weighted by molar-refractivity contribution is 0.0573. The predicted octanol–water partition coefficient (Wildman–Crippen LogP) is 2.79. The van der Waals surface area contributed by atoms with Gasteiger partial charge >= 0.3 is 0 Å². The summed E-state index contributed by atoms with van der Waals surface area (Å²) in [5.41, 5.74) is 6.26. The summed E-state index contributed by atoms with van der Waals surface area (Å²) >= 11 is 3.11. The summed E-state index contributed by atoms with van der Waals surface area (Å²) in [4.78, 5) is 14.3. The Hall–Kier alpha value is -0.940. The molecule has 1 aromatic rings. The minimum absolute atomic E-state index is 0.0666. The number of likely N-dealkylation sites (tertiary alicyclic amines) is 1. The number of nitrogens with two attached hydrogens (primary N) is 1. The molecule has 1 saturated heterocycles. The van der Waals surface area contributed by atoms with Crippen LogP contribution in [0.4, 0.5) is 4.39 Å². The first-order chi connectivity index (χ1) is 9.02. The number of amides is 1. The second kappa shape index (κ2) is 6.01. The number of halogens is 2. The van der Waals surface area contributed by atoms with Gasteiger partial charge in [-0.3, -0.25) is 4.79 Å². The molecule has 104 valence electrons. The van der Waals surface area contributed by atoms with Crippen LogP contribution in [-0.2, 0) is 0 Å². The predicted molar refractivity (Wildman–Crippen MR) is 76.4 cm³/mol. The summed E-state index contributed by atoms with van der Waals surface area (Å²) in [6.07, 6.45) is 1.93. The summed E-state index contributed by atoms with van der Waals surface area (Å²) in [5, 5.41) is 0. The second-order valence-electron chi connectivity index (χ2n) is 5.15. The molecule has 0 spiro atoms. The van der Waals surface area contributed by atoms with E-state index in [0.717, 1.165) is 19.4 Å². The fourth-order valence-corrected chi connectivity index (χ4v) is 2.92. The average molecular weight is 329 g/mol. The Labute approximate surface area is 121 Å². The molecule has 0 aromatic heterocycles. The number of nitrogens with zero attached hydrogens (tertiary/aromatic N) is 1. The molecule has 3 nitrogen and oxygen atoms in total. The maximum atomic E-state index is 13.2. The normalized spacial score (nSPS) is 23.5. The Bertz CT molecular complexity index is 481. The van der Waals surface area contributed by atoms with Crippen LogP contribution in [-0.4, -0.2) is 29.9 Å². The van der Waals surface area contributed by atoms with Crippen LogP contribution in [0.2, 0.25) is 0 Å². The standard InChI is InChI=1S/C14H18BrFN2O/c1-9-4-5-18(11(6-9)8-17)14(19)10-2-3-13(16)12(15)7-10/h2-3,7,9,11H,4-6,8,17H2,1H3. The zero-order chi connectivity index (χ0) is 14.0. The number of piperidine rings is 1. The van der Waals surface area contributed by atoms with Crippen LogP contribution in [0.3, 0.4) is 0 Å². The van der Waals surface area contributed by atoms with Gasteiger partial charge in [0.1, 0.15) is 5.82 Å². The van der Waals surface area contributed by atoms with Crippen molar-refractivity contribution in [3.63, 3.8) is 0 Å². The molecule has 2 unspecified atom stereocenters. The van der Waals surface area contributed by atoms with Gasteiger partial charge in [-0.1, -0.05) is 6.92 Å². The van der Waals surface area contributed by atoms with Crippen LogP contribution in [0.5, 0.6) is 0 Å². The molecule has 2 atom stereocenters. The van der Waals surface area contributed by atoms with Gasteiger partial charge in [-0.25, -0.2) is 4.39 Å². The fourth-order valence-electron chi connectivity index (χ4n) is 2.54. The van der Waals surface area contributed by atoms with E-state index < -0.39 is 0 Å². The summed E-state index contributed by atoms with van der Waals surface area (Å²) in [6, 6.07) is 4.44. The lowest BCUT2D eigenvalue weighted by Gasteiger charge is -2.38. The minimum atomic E-state index is -0.362. The van der Waals surface area contributed by atoms with E-state index in [1.807, 2.05) is 4.90 Å². The van der Waals surface area contributed by atoms with Crippen LogP contribution in [0.1, 0.15) is 30.1 Å². The molecule has 5 heteroatoms. The molecular formula is C14H18BrFN2O. The molecule has 2 rings (SSSR count). The van der Waals surface area contributed by atoms with Crippen molar-refractivity contribution >= 4 is 21.8 Å². The second-order valence-corrected chi connectivity index (χ2v) is 6.00. The summed E-state index contributed by atoms with van der Waals surface area (Å²) in [7, 11) is 0. The van der Waals surface area contributed by atoms with Crippen LogP contribution in [0.25, 0.3) is 0 Å². The number of rotatable bonds is 2. The SMILES string of the molecule is CC1CCN(C(=O)c2ccc(F)c(Br)c2)C(CN)C1. The monoisotopic (exact) mass is 328 g/mol. The molecule has 0 radical (unpaired) electrons. The molecular weight excluding hydrogens is 311 g/mol. The Morgan fingerprint density at radius 1 is 1.58 bits per heavy atom. The molecule has 1 aliphatic rings. The lowest BCUT2D eigenvalue weighted by atomic mass is 9.92. The average Bonchev–Trinajstić information content (AvgIpc) is 2.41. The van der Waals surface area contributed by atoms with Crippen LogP contribution < -0.4 is 5.73 Å². The van der Waals surface area contributed by atoms with Gasteiger partial charge < -0.3 is 10.6 Å². The summed E-state index contributed by atoms with van der Waals surface area (Å²) < 4.78 is 13.5. The van der Waals surface area contributed by atoms with E-state index in [4.69, 9.17) is 5.73 Å². The molecule has 0 saturated carbocycles. The molecule has 19 heavy (non-hydrogen) atoms. The maximum Gasteiger partial charge on any atom is 0.254 e. The van der Waals surface area contributed by atoms with Gasteiger partial charge in [-0.15, -0.1) is 0 Å². The summed E-state index contributed by atoms with van der Waals surface area (Å²) in [5.74, 6) is 0.166. The number of carbonyl (C=O) groups is 1. The van der Waals surface area contributed by atoms with E-state index in [-0.39, 0.29) is 17.8 Å². The highest BCUT2D eigenvalue weighted by molar-refractivity contribution is 9.10. The molecule has 1 heterocycles. The quantitative estimate of drug-likeness (QED) is 0.907. The van der Waals surface area contributed by atoms with Gasteiger partial charge in [-0.2, -0.15) is 0 Å². The van der Waals surface area contributed by atoms with Gasteiger partial charge in [0.15, 0.2) is 0 Å². The molecule has 0 bridgehead atoms. The van der Waals surface area contributed by atoms with E-state index in [2.05, 4.69) is 22.9 Å². The Balaban J connectivity index is 2.20. The molecule has 0 aliphatic carbocycles. The van der Waals surface area contributed by atoms with Crippen molar-refractivity contribution in [1.29, 1.82) is 0 Å². The van der Waals surface area contributed by atoms with Gasteiger partial charge in [0.25, 0.3) is 5.91 Å². The van der Waals surface area contributed by atoms with Gasteiger partial charge in [0.05, 0.1) is 4.47 Å². The molecule has 2 N–H and O–H groups in total. The van der Waals surface area contributed by atoms with Crippen molar-refractivity contribution < 1.29 is 9.18 Å². The van der Waals surface area contributed by atoms with E-state index in [9.17, 15) is 9.18 Å². The van der Waals surface area contributed by atoms with E-state index in [1.54, 1.807) is 0 Å². The molecule has 1 aromatic carbocycles. The maximum absolute atomic E-state index is 13.2. The zero-order valence-corrected chi connectivity index (χ0v) is 12.5. The van der Waals surface area contributed by atoms with Crippen LogP contribution in [0.15, 0.2) is 22.7 Å². The van der Waals surface area contributed by atoms with Gasteiger partial charge in [0.2, 0.25) is 0 Å². The summed E-state index contributed by atoms with van der Waals surface area (Å²) in [6.45, 7) is 3.37. The first-order valence-electron chi connectivity index (χ1n) is 6.49. The van der Waals surface area contributed by atoms with Crippen molar-refractivity contribution in [3.05, 3.63) is 34.1 Å². The topological polar surface area (TPSA) is 46.3 Å². The Kier molecular flexibility index (Phi) is 4.58. The Morgan fingerprint density at radius 3 is 2.95 bits per heavy atom. The molecule has 1 aliphatic heterocycles. The third-order valence-corrected chi connectivity index (χ3v) is 4.29. The number of hydrogen-bond acceptors (Lipinski definition) is 2. The van der Waals surface area contributed by atoms with E-state index in [1.165, 1.54) is 18.2 Å². The number of benzene rings is 1. The number of hydrogen-bond donors (Lipinski definition) is 1. The van der Waals surface area contributed by atoms with Crippen molar-refractivity contribution in [3.8, 4) is 0 Å². The molecule has 1 fully saturated rings. The Morgan fingerprint density at radius 2 is 2.32 bits per heavy atom. The van der Waals surface area contributed by atoms with Crippen molar-refractivity contribution in [2.24, 2.45) is 11.7 Å². The third kappa shape index (κ3) is 3.15. The number of carbonyl (C=O) groups excluding carboxylic acids is 1. The first-order valence-corrected chi connectivity index (χ1v) is 7.28. The van der Waals surface area contributed by atoms with E-state index >= 15 is 0 Å². The van der Waals surface area contributed by atoms with Crippen molar-refractivity contribution in [1.82, 2.24) is 4.90 Å².